The number of piperidine rings is 1. The molecule has 166 valence electrons. The van der Waals surface area contributed by atoms with Gasteiger partial charge < -0.3 is 20.3 Å². The Hall–Kier alpha value is -1.84. The van der Waals surface area contributed by atoms with Crippen molar-refractivity contribution in [3.63, 3.8) is 0 Å². The lowest BCUT2D eigenvalue weighted by Gasteiger charge is -2.30. The summed E-state index contributed by atoms with van der Waals surface area (Å²) in [5.74, 6) is -0.0265. The fraction of sp³-hybridized carbons (Fsp3) is 0.600. The van der Waals surface area contributed by atoms with Crippen molar-refractivity contribution in [1.29, 1.82) is 0 Å². The minimum absolute atomic E-state index is 0.0179. The zero-order valence-corrected chi connectivity index (χ0v) is 18.7. The minimum atomic E-state index is -3.78. The van der Waals surface area contributed by atoms with Gasteiger partial charge in [0.1, 0.15) is 5.75 Å². The molecular formula is C20H28ClN3O5S. The Labute approximate surface area is 182 Å². The highest BCUT2D eigenvalue weighted by Gasteiger charge is 2.25. The Morgan fingerprint density at radius 3 is 2.97 bits per heavy atom. The van der Waals surface area contributed by atoms with Crippen LogP contribution in [0.5, 0.6) is 5.75 Å². The van der Waals surface area contributed by atoms with Crippen LogP contribution in [0.2, 0.25) is 5.02 Å². The second-order valence-corrected chi connectivity index (χ2v) is 10.4. The summed E-state index contributed by atoms with van der Waals surface area (Å²) in [4.78, 5) is 25.8. The normalized spacial score (nSPS) is 19.5. The molecular weight excluding hydrogens is 430 g/mol. The number of carbonyl (C=O) groups is 2. The first-order chi connectivity index (χ1) is 14.2. The number of ether oxygens (including phenoxy) is 1. The number of halogens is 1. The Morgan fingerprint density at radius 1 is 1.40 bits per heavy atom. The predicted octanol–water partition coefficient (Wildman–Crippen LogP) is 2.07. The highest BCUT2D eigenvalue weighted by atomic mass is 35.5. The van der Waals surface area contributed by atoms with Gasteiger partial charge in [0, 0.05) is 25.6 Å². The quantitative estimate of drug-likeness (QED) is 0.579. The first-order valence-electron chi connectivity index (χ1n) is 10.2. The van der Waals surface area contributed by atoms with E-state index in [1.807, 2.05) is 0 Å². The number of fused-ring (bicyclic) bond motifs is 1. The molecule has 0 spiro atoms. The molecule has 1 aromatic carbocycles. The first-order valence-corrected chi connectivity index (χ1v) is 12.3. The number of hydrogen-bond donors (Lipinski definition) is 2. The van der Waals surface area contributed by atoms with Gasteiger partial charge in [-0.1, -0.05) is 18.5 Å². The van der Waals surface area contributed by atoms with Gasteiger partial charge in [0.05, 0.1) is 21.4 Å². The summed E-state index contributed by atoms with van der Waals surface area (Å²) in [6, 6.07) is 2.65. The Bertz CT molecular complexity index is 906. The summed E-state index contributed by atoms with van der Waals surface area (Å²) in [7, 11) is -3.78. The van der Waals surface area contributed by atoms with Crippen LogP contribution in [0.15, 0.2) is 17.0 Å². The lowest BCUT2D eigenvalue weighted by Crippen LogP contribution is -2.36. The van der Waals surface area contributed by atoms with E-state index in [4.69, 9.17) is 16.3 Å². The van der Waals surface area contributed by atoms with Crippen LogP contribution in [0.3, 0.4) is 0 Å². The number of rotatable bonds is 8. The number of likely N-dealkylation sites (tertiary alicyclic amines) is 1. The summed E-state index contributed by atoms with van der Waals surface area (Å²) < 4.78 is 30.6. The van der Waals surface area contributed by atoms with Crippen LogP contribution in [-0.2, 0) is 19.4 Å². The topological polar surface area (TPSA) is 105 Å². The molecule has 1 aromatic rings. The van der Waals surface area contributed by atoms with Crippen LogP contribution in [0.25, 0.3) is 0 Å². The van der Waals surface area contributed by atoms with Crippen LogP contribution >= 0.6 is 11.6 Å². The maximum atomic E-state index is 12.7. The van der Waals surface area contributed by atoms with E-state index in [2.05, 4.69) is 22.5 Å². The average molecular weight is 458 g/mol. The van der Waals surface area contributed by atoms with E-state index < -0.39 is 9.84 Å². The van der Waals surface area contributed by atoms with Crippen LogP contribution in [0.1, 0.15) is 32.6 Å². The van der Waals surface area contributed by atoms with Crippen molar-refractivity contribution in [2.24, 2.45) is 5.92 Å². The Kier molecular flexibility index (Phi) is 7.60. The molecule has 0 bridgehead atoms. The number of nitrogens with zero attached hydrogens (tertiary/aromatic N) is 1. The Balaban J connectivity index is 1.46. The van der Waals surface area contributed by atoms with E-state index in [0.29, 0.717) is 12.2 Å². The SMILES string of the molecule is C[C@H]1CCCN(CCCNC(=O)CCS(=O)(=O)c2cc3c(cc2Cl)NC(=O)CO3)C1. The molecule has 10 heteroatoms. The van der Waals surface area contributed by atoms with Crippen molar-refractivity contribution in [2.45, 2.75) is 37.5 Å². The summed E-state index contributed by atoms with van der Waals surface area (Å²) in [6.45, 7) is 5.73. The molecule has 8 nitrogen and oxygen atoms in total. The van der Waals surface area contributed by atoms with Gasteiger partial charge in [0.25, 0.3) is 5.91 Å². The number of nitrogens with one attached hydrogen (secondary N) is 2. The summed E-state index contributed by atoms with van der Waals surface area (Å²) in [5.41, 5.74) is 0.330. The predicted molar refractivity (Wildman–Crippen MR) is 115 cm³/mol. The lowest BCUT2D eigenvalue weighted by atomic mass is 10.0. The zero-order valence-electron chi connectivity index (χ0n) is 17.1. The number of hydrogen-bond acceptors (Lipinski definition) is 6. The second kappa shape index (κ2) is 9.98. The van der Waals surface area contributed by atoms with Gasteiger partial charge in [-0.2, -0.15) is 0 Å². The molecule has 2 N–H and O–H groups in total. The van der Waals surface area contributed by atoms with Crippen LogP contribution < -0.4 is 15.4 Å². The molecule has 30 heavy (non-hydrogen) atoms. The van der Waals surface area contributed by atoms with E-state index in [-0.39, 0.29) is 46.3 Å². The highest BCUT2D eigenvalue weighted by Crippen LogP contribution is 2.36. The maximum absolute atomic E-state index is 12.7. The lowest BCUT2D eigenvalue weighted by molar-refractivity contribution is -0.121. The van der Waals surface area contributed by atoms with Gasteiger partial charge in [-0.05, 0) is 44.3 Å². The van der Waals surface area contributed by atoms with Crippen molar-refractivity contribution in [2.75, 3.05) is 43.9 Å². The number of carbonyl (C=O) groups excluding carboxylic acids is 2. The van der Waals surface area contributed by atoms with Crippen molar-refractivity contribution in [3.8, 4) is 5.75 Å². The summed E-state index contributed by atoms with van der Waals surface area (Å²) in [5, 5.41) is 5.35. The van der Waals surface area contributed by atoms with Gasteiger partial charge in [-0.25, -0.2) is 8.42 Å². The smallest absolute Gasteiger partial charge is 0.262 e. The molecule has 1 saturated heterocycles. The number of anilines is 1. The second-order valence-electron chi connectivity index (χ2n) is 7.94. The molecule has 1 atom stereocenters. The van der Waals surface area contributed by atoms with Gasteiger partial charge in [0.15, 0.2) is 16.4 Å². The number of amides is 2. The molecule has 2 amide bonds. The van der Waals surface area contributed by atoms with Gasteiger partial charge >= 0.3 is 0 Å². The summed E-state index contributed by atoms with van der Waals surface area (Å²) in [6.07, 6.45) is 3.18. The van der Waals surface area contributed by atoms with Crippen LogP contribution in [0.4, 0.5) is 5.69 Å². The molecule has 0 aromatic heterocycles. The fourth-order valence-electron chi connectivity index (χ4n) is 3.77. The van der Waals surface area contributed by atoms with Crippen molar-refractivity contribution < 1.29 is 22.7 Å². The molecule has 2 heterocycles. The molecule has 3 rings (SSSR count). The molecule has 0 radical (unpaired) electrons. The van der Waals surface area contributed by atoms with E-state index in [9.17, 15) is 18.0 Å². The molecule has 1 fully saturated rings. The highest BCUT2D eigenvalue weighted by molar-refractivity contribution is 7.91. The molecule has 2 aliphatic heterocycles. The molecule has 0 unspecified atom stereocenters. The molecule has 0 saturated carbocycles. The van der Waals surface area contributed by atoms with E-state index in [0.717, 1.165) is 32.0 Å². The number of benzene rings is 1. The van der Waals surface area contributed by atoms with Crippen molar-refractivity contribution in [1.82, 2.24) is 10.2 Å². The first kappa shape index (κ1) is 22.8. The van der Waals surface area contributed by atoms with Crippen molar-refractivity contribution in [3.05, 3.63) is 17.2 Å². The van der Waals surface area contributed by atoms with E-state index in [1.165, 1.54) is 25.0 Å². The van der Waals surface area contributed by atoms with Crippen LogP contribution in [0, 0.1) is 5.92 Å². The van der Waals surface area contributed by atoms with Crippen LogP contribution in [-0.4, -0.2) is 63.7 Å². The zero-order chi connectivity index (χ0) is 21.7. The fourth-order valence-corrected chi connectivity index (χ4v) is 5.60. The third-order valence-corrected chi connectivity index (χ3v) is 7.49. The monoisotopic (exact) mass is 457 g/mol. The van der Waals surface area contributed by atoms with Gasteiger partial charge in [-0.3, -0.25) is 9.59 Å². The molecule has 0 aliphatic carbocycles. The van der Waals surface area contributed by atoms with E-state index >= 15 is 0 Å². The third kappa shape index (κ3) is 6.09. The summed E-state index contributed by atoms with van der Waals surface area (Å²) >= 11 is 6.10. The van der Waals surface area contributed by atoms with Gasteiger partial charge in [0.2, 0.25) is 5.91 Å². The maximum Gasteiger partial charge on any atom is 0.262 e. The number of sulfone groups is 1. The largest absolute Gasteiger partial charge is 0.482 e. The third-order valence-electron chi connectivity index (χ3n) is 5.31. The van der Waals surface area contributed by atoms with Crippen molar-refractivity contribution >= 4 is 38.9 Å². The minimum Gasteiger partial charge on any atom is -0.482 e. The van der Waals surface area contributed by atoms with Gasteiger partial charge in [-0.15, -0.1) is 0 Å². The van der Waals surface area contributed by atoms with E-state index in [1.54, 1.807) is 0 Å². The Morgan fingerprint density at radius 2 is 2.20 bits per heavy atom. The average Bonchev–Trinajstić information content (AvgIpc) is 2.69. The molecule has 2 aliphatic rings. The standard InChI is InChI=1S/C20H28ClN3O5S/c1-14-4-2-7-24(12-14)8-3-6-22-19(25)5-9-30(27,28)18-11-17-16(10-15(18)21)23-20(26)13-29-17/h10-11,14H,2-9,12-13H2,1H3,(H,22,25)(H,23,26)/t14-/m0/s1.